The highest BCUT2D eigenvalue weighted by atomic mass is 32.2. The van der Waals surface area contributed by atoms with Gasteiger partial charge in [-0.05, 0) is 68.5 Å². The monoisotopic (exact) mass is 402 g/mol. The van der Waals surface area contributed by atoms with Gasteiger partial charge in [0.15, 0.2) is 0 Å². The number of anilines is 1. The number of carbonyl (C=O) groups is 1. The predicted molar refractivity (Wildman–Crippen MR) is 115 cm³/mol. The Kier molecular flexibility index (Phi) is 7.24. The molecule has 0 aliphatic carbocycles. The van der Waals surface area contributed by atoms with E-state index < -0.39 is 10.0 Å². The van der Waals surface area contributed by atoms with Crippen molar-refractivity contribution in [2.24, 2.45) is 0 Å². The summed E-state index contributed by atoms with van der Waals surface area (Å²) in [7, 11) is -3.41. The quantitative estimate of drug-likeness (QED) is 0.725. The molecule has 0 aliphatic rings. The number of hydrogen-bond acceptors (Lipinski definition) is 3. The van der Waals surface area contributed by atoms with Crippen molar-refractivity contribution in [2.45, 2.75) is 46.6 Å². The van der Waals surface area contributed by atoms with E-state index in [0.717, 1.165) is 11.1 Å². The van der Waals surface area contributed by atoms with Gasteiger partial charge in [-0.1, -0.05) is 30.3 Å². The Bertz CT molecular complexity index is 939. The molecule has 1 amide bonds. The molecule has 2 aromatic rings. The maximum Gasteiger partial charge on any atom is 0.232 e. The first kappa shape index (κ1) is 22.0. The van der Waals surface area contributed by atoms with Crippen molar-refractivity contribution in [2.75, 3.05) is 17.1 Å². The number of nitrogens with zero attached hydrogens (tertiary/aromatic N) is 1. The lowest BCUT2D eigenvalue weighted by molar-refractivity contribution is -0.121. The summed E-state index contributed by atoms with van der Waals surface area (Å²) in [6, 6.07) is 13.4. The Hall–Kier alpha value is -2.34. The summed E-state index contributed by atoms with van der Waals surface area (Å²) in [5.74, 6) is -0.0802. The topological polar surface area (TPSA) is 66.5 Å². The second kappa shape index (κ2) is 9.24. The van der Waals surface area contributed by atoms with Crippen molar-refractivity contribution < 1.29 is 13.2 Å². The Morgan fingerprint density at radius 3 is 2.39 bits per heavy atom. The molecule has 0 bridgehead atoms. The maximum absolute atomic E-state index is 12.3. The van der Waals surface area contributed by atoms with E-state index in [2.05, 4.69) is 31.3 Å². The van der Waals surface area contributed by atoms with Gasteiger partial charge in [-0.25, -0.2) is 8.42 Å². The van der Waals surface area contributed by atoms with E-state index in [1.807, 2.05) is 38.1 Å². The number of hydrogen-bond donors (Lipinski definition) is 1. The van der Waals surface area contributed by atoms with Crippen LogP contribution >= 0.6 is 0 Å². The van der Waals surface area contributed by atoms with Gasteiger partial charge >= 0.3 is 0 Å². The smallest absolute Gasteiger partial charge is 0.232 e. The van der Waals surface area contributed by atoms with Crippen LogP contribution in [0.3, 0.4) is 0 Å². The molecule has 0 saturated carbocycles. The summed E-state index contributed by atoms with van der Waals surface area (Å²) >= 11 is 0. The van der Waals surface area contributed by atoms with Crippen molar-refractivity contribution in [3.63, 3.8) is 0 Å². The highest BCUT2D eigenvalue weighted by molar-refractivity contribution is 7.92. The van der Waals surface area contributed by atoms with Crippen molar-refractivity contribution in [1.82, 2.24) is 5.32 Å². The molecule has 0 saturated heterocycles. The fourth-order valence-electron chi connectivity index (χ4n) is 3.08. The molecule has 0 fully saturated rings. The van der Waals surface area contributed by atoms with Crippen LogP contribution in [0.25, 0.3) is 0 Å². The molecule has 0 radical (unpaired) electrons. The minimum Gasteiger partial charge on any atom is -0.350 e. The highest BCUT2D eigenvalue weighted by Crippen LogP contribution is 2.20. The number of amides is 1. The summed E-state index contributed by atoms with van der Waals surface area (Å²) in [6.07, 6.45) is 1.91. The van der Waals surface area contributed by atoms with E-state index in [1.54, 1.807) is 6.07 Å². The summed E-state index contributed by atoms with van der Waals surface area (Å²) in [6.45, 7) is 8.26. The van der Waals surface area contributed by atoms with Crippen LogP contribution < -0.4 is 9.62 Å². The van der Waals surface area contributed by atoms with E-state index in [1.165, 1.54) is 21.7 Å². The fraction of sp³-hybridized carbons (Fsp3) is 0.409. The van der Waals surface area contributed by atoms with Gasteiger partial charge in [0.2, 0.25) is 15.9 Å². The molecule has 1 atom stereocenters. The van der Waals surface area contributed by atoms with E-state index in [4.69, 9.17) is 0 Å². The molecule has 0 aliphatic heterocycles. The summed E-state index contributed by atoms with van der Waals surface area (Å²) in [5.41, 5.74) is 5.10. The van der Waals surface area contributed by atoms with Crippen LogP contribution in [0.1, 0.15) is 48.1 Å². The van der Waals surface area contributed by atoms with E-state index in [0.29, 0.717) is 12.1 Å². The minimum absolute atomic E-state index is 0.0802. The lowest BCUT2D eigenvalue weighted by atomic mass is 10.0. The molecular weight excluding hydrogens is 372 g/mol. The van der Waals surface area contributed by atoms with Gasteiger partial charge in [0.25, 0.3) is 0 Å². The van der Waals surface area contributed by atoms with Gasteiger partial charge < -0.3 is 5.32 Å². The molecule has 28 heavy (non-hydrogen) atoms. The van der Waals surface area contributed by atoms with E-state index in [9.17, 15) is 13.2 Å². The van der Waals surface area contributed by atoms with E-state index in [-0.39, 0.29) is 24.9 Å². The summed E-state index contributed by atoms with van der Waals surface area (Å²) in [5, 5.41) is 3.00. The third kappa shape index (κ3) is 6.09. The van der Waals surface area contributed by atoms with Crippen LogP contribution in [-0.2, 0) is 14.8 Å². The predicted octanol–water partition coefficient (Wildman–Crippen LogP) is 4.04. The van der Waals surface area contributed by atoms with Crippen molar-refractivity contribution in [3.8, 4) is 0 Å². The number of aryl methyl sites for hydroxylation is 3. The first-order valence-electron chi connectivity index (χ1n) is 9.49. The molecule has 2 rings (SSSR count). The number of nitrogens with one attached hydrogen (secondary N) is 1. The Morgan fingerprint density at radius 2 is 1.79 bits per heavy atom. The molecule has 0 heterocycles. The number of sulfonamides is 1. The molecule has 5 nitrogen and oxygen atoms in total. The average Bonchev–Trinajstić information content (AvgIpc) is 2.59. The van der Waals surface area contributed by atoms with Gasteiger partial charge in [-0.2, -0.15) is 0 Å². The lowest BCUT2D eigenvalue weighted by Gasteiger charge is -2.23. The number of rotatable bonds is 8. The second-order valence-corrected chi connectivity index (χ2v) is 9.32. The Morgan fingerprint density at radius 1 is 1.07 bits per heavy atom. The Labute approximate surface area is 168 Å². The fourth-order valence-corrected chi connectivity index (χ4v) is 4.04. The number of benzene rings is 2. The Balaban J connectivity index is 1.94. The van der Waals surface area contributed by atoms with Gasteiger partial charge in [0, 0.05) is 13.0 Å². The van der Waals surface area contributed by atoms with Gasteiger partial charge in [0.1, 0.15) is 0 Å². The molecule has 0 aromatic heterocycles. The molecule has 2 aromatic carbocycles. The zero-order chi connectivity index (χ0) is 20.9. The minimum atomic E-state index is -3.41. The largest absolute Gasteiger partial charge is 0.350 e. The zero-order valence-corrected chi connectivity index (χ0v) is 18.1. The van der Waals surface area contributed by atoms with Gasteiger partial charge in [0.05, 0.1) is 18.0 Å². The highest BCUT2D eigenvalue weighted by Gasteiger charge is 2.18. The SMILES string of the molecule is Cc1cccc(N(CCCC(=O)NC(C)c2ccc(C)c(C)c2)S(C)(=O)=O)c1. The molecule has 0 spiro atoms. The summed E-state index contributed by atoms with van der Waals surface area (Å²) in [4.78, 5) is 12.3. The average molecular weight is 403 g/mol. The van der Waals surface area contributed by atoms with Crippen LogP contribution in [0.5, 0.6) is 0 Å². The van der Waals surface area contributed by atoms with Gasteiger partial charge in [-0.15, -0.1) is 0 Å². The van der Waals surface area contributed by atoms with Gasteiger partial charge in [-0.3, -0.25) is 9.10 Å². The van der Waals surface area contributed by atoms with Crippen molar-refractivity contribution >= 4 is 21.6 Å². The molecule has 152 valence electrons. The molecule has 1 unspecified atom stereocenters. The molecular formula is C22H30N2O3S. The van der Waals surface area contributed by atoms with Crippen LogP contribution in [0, 0.1) is 20.8 Å². The zero-order valence-electron chi connectivity index (χ0n) is 17.3. The van der Waals surface area contributed by atoms with Crippen LogP contribution in [0.15, 0.2) is 42.5 Å². The lowest BCUT2D eigenvalue weighted by Crippen LogP contribution is -2.32. The molecule has 1 N–H and O–H groups in total. The maximum atomic E-state index is 12.3. The van der Waals surface area contributed by atoms with Crippen LogP contribution in [0.2, 0.25) is 0 Å². The summed E-state index contributed by atoms with van der Waals surface area (Å²) < 4.78 is 25.7. The third-order valence-corrected chi connectivity index (χ3v) is 6.06. The third-order valence-electron chi connectivity index (χ3n) is 4.86. The van der Waals surface area contributed by atoms with Crippen molar-refractivity contribution in [3.05, 3.63) is 64.7 Å². The van der Waals surface area contributed by atoms with Crippen molar-refractivity contribution in [1.29, 1.82) is 0 Å². The number of carbonyl (C=O) groups excluding carboxylic acids is 1. The standard InChI is InChI=1S/C22H30N2O3S/c1-16-8-6-9-21(14-16)24(28(5,26)27)13-7-10-22(25)23-19(4)20-12-11-17(2)18(3)15-20/h6,8-9,11-12,14-15,19H,7,10,13H2,1-5H3,(H,23,25). The molecule has 6 heteroatoms. The first-order valence-corrected chi connectivity index (χ1v) is 11.3. The van der Waals surface area contributed by atoms with Crippen LogP contribution in [-0.4, -0.2) is 27.1 Å². The van der Waals surface area contributed by atoms with E-state index >= 15 is 0 Å². The van der Waals surface area contributed by atoms with Crippen LogP contribution in [0.4, 0.5) is 5.69 Å². The first-order chi connectivity index (χ1) is 13.1. The second-order valence-electron chi connectivity index (χ2n) is 7.41. The normalized spacial score (nSPS) is 12.5.